The molecule has 2 amide bonds. The van der Waals surface area contributed by atoms with Crippen molar-refractivity contribution in [3.63, 3.8) is 0 Å². The molecular weight excluding hydrogens is 332 g/mol. The van der Waals surface area contributed by atoms with Crippen LogP contribution >= 0.6 is 11.6 Å². The lowest BCUT2D eigenvalue weighted by molar-refractivity contribution is -0.115. The van der Waals surface area contributed by atoms with Crippen LogP contribution in [-0.2, 0) is 9.53 Å². The molecule has 0 aliphatic carbocycles. The van der Waals surface area contributed by atoms with E-state index < -0.39 is 0 Å². The summed E-state index contributed by atoms with van der Waals surface area (Å²) in [5.74, 6) is -0.371. The Morgan fingerprint density at radius 2 is 2.04 bits per heavy atom. The lowest BCUT2D eigenvalue weighted by atomic mass is 10.2. The molecule has 1 aliphatic heterocycles. The number of carbonyl (C=O) groups excluding carboxylic acids is 2. The van der Waals surface area contributed by atoms with Gasteiger partial charge in [0.25, 0.3) is 0 Å². The highest BCUT2D eigenvalue weighted by molar-refractivity contribution is 6.33. The Labute approximate surface area is 145 Å². The van der Waals surface area contributed by atoms with Gasteiger partial charge in [-0.05, 0) is 25.1 Å². The van der Waals surface area contributed by atoms with E-state index >= 15 is 0 Å². The molecule has 1 saturated heterocycles. The van der Waals surface area contributed by atoms with Crippen LogP contribution in [0.1, 0.15) is 13.3 Å². The van der Waals surface area contributed by atoms with Crippen LogP contribution in [0, 0.1) is 11.3 Å². The zero-order chi connectivity index (χ0) is 17.5. The number of hydrogen-bond donors (Lipinski definition) is 1. The van der Waals surface area contributed by atoms with Gasteiger partial charge in [-0.15, -0.1) is 0 Å². The summed E-state index contributed by atoms with van der Waals surface area (Å²) in [4.78, 5) is 26.9. The summed E-state index contributed by atoms with van der Waals surface area (Å²) in [6.07, 6.45) is -0.492. The zero-order valence-corrected chi connectivity index (χ0v) is 14.2. The second-order valence-electron chi connectivity index (χ2n) is 5.22. The minimum Gasteiger partial charge on any atom is -0.450 e. The predicted octanol–water partition coefficient (Wildman–Crippen LogP) is 2.47. The monoisotopic (exact) mass is 350 g/mol. The van der Waals surface area contributed by atoms with Gasteiger partial charge in [-0.1, -0.05) is 11.6 Å². The first-order chi connectivity index (χ1) is 11.5. The number of nitrogens with one attached hydrogen (secondary N) is 1. The normalized spacial score (nSPS) is 14.0. The molecule has 2 rings (SSSR count). The van der Waals surface area contributed by atoms with E-state index in [1.165, 1.54) is 0 Å². The zero-order valence-electron chi connectivity index (χ0n) is 13.4. The third kappa shape index (κ3) is 4.52. The van der Waals surface area contributed by atoms with Gasteiger partial charge in [0.05, 0.1) is 23.4 Å². The average Bonchev–Trinajstić information content (AvgIpc) is 2.55. The number of nitrogens with zero attached hydrogens (tertiary/aromatic N) is 3. The van der Waals surface area contributed by atoms with E-state index in [2.05, 4.69) is 10.2 Å². The molecule has 1 N–H and O–H groups in total. The van der Waals surface area contributed by atoms with E-state index in [-0.39, 0.29) is 18.4 Å². The molecule has 0 aromatic heterocycles. The summed E-state index contributed by atoms with van der Waals surface area (Å²) in [5, 5.41) is 11.6. The average molecular weight is 351 g/mol. The Hall–Kier alpha value is -2.46. The molecule has 1 fully saturated rings. The van der Waals surface area contributed by atoms with Crippen molar-refractivity contribution in [2.24, 2.45) is 0 Å². The second kappa shape index (κ2) is 8.41. The maximum atomic E-state index is 11.7. The van der Waals surface area contributed by atoms with Crippen molar-refractivity contribution in [3.8, 4) is 6.07 Å². The molecule has 7 nitrogen and oxygen atoms in total. The summed E-state index contributed by atoms with van der Waals surface area (Å²) in [6, 6.07) is 7.02. The Morgan fingerprint density at radius 3 is 2.62 bits per heavy atom. The Kier molecular flexibility index (Phi) is 6.27. The van der Waals surface area contributed by atoms with Crippen molar-refractivity contribution in [2.75, 3.05) is 43.0 Å². The maximum Gasteiger partial charge on any atom is 0.409 e. The number of benzene rings is 1. The van der Waals surface area contributed by atoms with Crippen molar-refractivity contribution >= 4 is 35.0 Å². The fourth-order valence-electron chi connectivity index (χ4n) is 2.46. The lowest BCUT2D eigenvalue weighted by Gasteiger charge is -2.35. The topological polar surface area (TPSA) is 85.7 Å². The van der Waals surface area contributed by atoms with Gasteiger partial charge in [0.15, 0.2) is 0 Å². The first-order valence-electron chi connectivity index (χ1n) is 7.68. The highest BCUT2D eigenvalue weighted by atomic mass is 35.5. The van der Waals surface area contributed by atoms with Gasteiger partial charge >= 0.3 is 6.09 Å². The maximum absolute atomic E-state index is 11.7. The fraction of sp³-hybridized carbons (Fsp3) is 0.438. The summed E-state index contributed by atoms with van der Waals surface area (Å²) in [5.41, 5.74) is 1.40. The number of nitriles is 1. The van der Waals surface area contributed by atoms with Crippen LogP contribution in [0.4, 0.5) is 16.2 Å². The highest BCUT2D eigenvalue weighted by Crippen LogP contribution is 2.29. The van der Waals surface area contributed by atoms with E-state index in [9.17, 15) is 9.59 Å². The fourth-order valence-corrected chi connectivity index (χ4v) is 2.76. The number of anilines is 2. The van der Waals surface area contributed by atoms with Crippen LogP contribution in [0.25, 0.3) is 0 Å². The number of carbonyl (C=O) groups is 2. The molecule has 0 saturated carbocycles. The van der Waals surface area contributed by atoms with E-state index in [4.69, 9.17) is 21.6 Å². The molecule has 0 atom stereocenters. The van der Waals surface area contributed by atoms with E-state index in [0.29, 0.717) is 43.5 Å². The third-order valence-electron chi connectivity index (χ3n) is 3.62. The number of hydrogen-bond acceptors (Lipinski definition) is 5. The third-order valence-corrected chi connectivity index (χ3v) is 3.92. The molecular formula is C16H19ClN4O3. The molecule has 1 heterocycles. The lowest BCUT2D eigenvalue weighted by Crippen LogP contribution is -2.49. The minimum absolute atomic E-state index is 0.199. The van der Waals surface area contributed by atoms with Crippen molar-refractivity contribution in [2.45, 2.75) is 13.3 Å². The second-order valence-corrected chi connectivity index (χ2v) is 5.63. The molecule has 1 aliphatic rings. The van der Waals surface area contributed by atoms with Gasteiger partial charge in [-0.3, -0.25) is 4.79 Å². The summed E-state index contributed by atoms with van der Waals surface area (Å²) >= 11 is 6.31. The standard InChI is InChI=1S/C16H19ClN4O3/c1-2-24-16(23)21-9-7-20(8-10-21)14-4-3-12(11-13(14)17)19-15(22)5-6-18/h3-4,11H,2,5,7-10H2,1H3,(H,19,22). The molecule has 0 spiro atoms. The van der Waals surface area contributed by atoms with E-state index in [1.54, 1.807) is 30.0 Å². The Morgan fingerprint density at radius 1 is 1.33 bits per heavy atom. The van der Waals surface area contributed by atoms with Crippen molar-refractivity contribution in [3.05, 3.63) is 23.2 Å². The Bertz CT molecular complexity index is 651. The molecule has 0 unspecified atom stereocenters. The summed E-state index contributed by atoms with van der Waals surface area (Å²) in [6.45, 7) is 4.58. The van der Waals surface area contributed by atoms with Crippen LogP contribution in [0.5, 0.6) is 0 Å². The first-order valence-corrected chi connectivity index (χ1v) is 8.06. The largest absolute Gasteiger partial charge is 0.450 e. The number of amides is 2. The number of rotatable bonds is 4. The SMILES string of the molecule is CCOC(=O)N1CCN(c2ccc(NC(=O)CC#N)cc2Cl)CC1. The molecule has 1 aromatic carbocycles. The number of ether oxygens (including phenoxy) is 1. The van der Waals surface area contributed by atoms with Gasteiger partial charge < -0.3 is 19.9 Å². The number of piperazine rings is 1. The van der Waals surface area contributed by atoms with Crippen LogP contribution < -0.4 is 10.2 Å². The van der Waals surface area contributed by atoms with E-state index in [1.807, 2.05) is 6.07 Å². The van der Waals surface area contributed by atoms with Crippen molar-refractivity contribution < 1.29 is 14.3 Å². The molecule has 0 radical (unpaired) electrons. The van der Waals surface area contributed by atoms with Gasteiger partial charge in [-0.25, -0.2) is 4.79 Å². The summed E-state index contributed by atoms with van der Waals surface area (Å²) in [7, 11) is 0. The predicted molar refractivity (Wildman–Crippen MR) is 91.1 cm³/mol. The van der Waals surface area contributed by atoms with Gasteiger partial charge in [0.2, 0.25) is 5.91 Å². The number of halogens is 1. The van der Waals surface area contributed by atoms with Gasteiger partial charge in [0, 0.05) is 31.9 Å². The van der Waals surface area contributed by atoms with Crippen LogP contribution in [0.15, 0.2) is 18.2 Å². The molecule has 24 heavy (non-hydrogen) atoms. The van der Waals surface area contributed by atoms with Crippen LogP contribution in [0.2, 0.25) is 5.02 Å². The molecule has 1 aromatic rings. The van der Waals surface area contributed by atoms with Crippen LogP contribution in [-0.4, -0.2) is 49.7 Å². The first kappa shape index (κ1) is 17.9. The Balaban J connectivity index is 1.97. The highest BCUT2D eigenvalue weighted by Gasteiger charge is 2.23. The molecule has 128 valence electrons. The van der Waals surface area contributed by atoms with Gasteiger partial charge in [0.1, 0.15) is 6.42 Å². The molecule has 8 heteroatoms. The van der Waals surface area contributed by atoms with Crippen molar-refractivity contribution in [1.82, 2.24) is 4.90 Å². The van der Waals surface area contributed by atoms with E-state index in [0.717, 1.165) is 5.69 Å². The van der Waals surface area contributed by atoms with Crippen LogP contribution in [0.3, 0.4) is 0 Å². The minimum atomic E-state index is -0.371. The smallest absolute Gasteiger partial charge is 0.409 e. The molecule has 0 bridgehead atoms. The summed E-state index contributed by atoms with van der Waals surface area (Å²) < 4.78 is 5.00. The quantitative estimate of drug-likeness (QED) is 0.901. The van der Waals surface area contributed by atoms with Gasteiger partial charge in [-0.2, -0.15) is 5.26 Å². The van der Waals surface area contributed by atoms with Crippen molar-refractivity contribution in [1.29, 1.82) is 5.26 Å².